The van der Waals surface area contributed by atoms with Gasteiger partial charge in [-0.05, 0) is 12.1 Å². The van der Waals surface area contributed by atoms with Gasteiger partial charge in [-0.3, -0.25) is 10.1 Å². The molecule has 4 rings (SSSR count). The molecule has 2 heterocycles. The number of nitro benzene ring substituents is 1. The molecule has 29 heavy (non-hydrogen) atoms. The van der Waals surface area contributed by atoms with Crippen LogP contribution in [0.15, 0.2) is 53.5 Å². The topological polar surface area (TPSA) is 128 Å². The number of nitro groups is 1. The number of rotatable bonds is 5. The largest absolute Gasteiger partial charge is 0.494 e. The number of methoxy groups -OCH3 is 1. The summed E-state index contributed by atoms with van der Waals surface area (Å²) in [5.74, 6) is -0.678. The molecule has 0 amide bonds. The molecule has 0 unspecified atom stereocenters. The van der Waals surface area contributed by atoms with Crippen LogP contribution in [0.2, 0.25) is 0 Å². The number of benzene rings is 2. The maximum atomic E-state index is 13.8. The second-order valence-electron chi connectivity index (χ2n) is 5.91. The maximum Gasteiger partial charge on any atom is 0.332 e. The van der Waals surface area contributed by atoms with Crippen LogP contribution in [0.3, 0.4) is 0 Å². The average Bonchev–Trinajstić information content (AvgIpc) is 3.04. The Morgan fingerprint density at radius 2 is 2.07 bits per heavy atom. The molecule has 0 radical (unpaired) electrons. The third kappa shape index (κ3) is 3.25. The summed E-state index contributed by atoms with van der Waals surface area (Å²) < 4.78 is 20.3. The summed E-state index contributed by atoms with van der Waals surface area (Å²) in [5.41, 5.74) is 0.255. The van der Waals surface area contributed by atoms with E-state index in [2.05, 4.69) is 20.3 Å². The summed E-state index contributed by atoms with van der Waals surface area (Å²) in [6, 6.07) is 10.5. The molecule has 0 aliphatic carbocycles. The number of fused-ring (bicyclic) bond motifs is 1. The number of anilines is 2. The van der Waals surface area contributed by atoms with Crippen molar-refractivity contribution in [3.8, 4) is 11.6 Å². The van der Waals surface area contributed by atoms with Gasteiger partial charge in [-0.25, -0.2) is 14.3 Å². The van der Waals surface area contributed by atoms with Gasteiger partial charge in [-0.15, -0.1) is 0 Å². The van der Waals surface area contributed by atoms with Gasteiger partial charge in [0.25, 0.3) is 0 Å². The monoisotopic (exact) mass is 396 g/mol. The molecular formula is C18H13FN6O4. The van der Waals surface area contributed by atoms with E-state index in [0.29, 0.717) is 11.0 Å². The van der Waals surface area contributed by atoms with E-state index in [4.69, 9.17) is 4.74 Å². The second-order valence-corrected chi connectivity index (χ2v) is 5.91. The van der Waals surface area contributed by atoms with E-state index in [1.54, 1.807) is 24.3 Å². The van der Waals surface area contributed by atoms with E-state index in [1.165, 1.54) is 23.9 Å². The zero-order valence-electron chi connectivity index (χ0n) is 14.9. The fourth-order valence-corrected chi connectivity index (χ4v) is 2.89. The van der Waals surface area contributed by atoms with Crippen LogP contribution in [-0.2, 0) is 0 Å². The number of hydrogen-bond donors (Lipinski definition) is 2. The minimum Gasteiger partial charge on any atom is -0.494 e. The van der Waals surface area contributed by atoms with Crippen molar-refractivity contribution < 1.29 is 14.1 Å². The highest BCUT2D eigenvalue weighted by atomic mass is 19.1. The van der Waals surface area contributed by atoms with Crippen LogP contribution in [0, 0.1) is 15.9 Å². The quantitative estimate of drug-likeness (QED) is 0.392. The molecule has 0 bridgehead atoms. The third-order valence-electron chi connectivity index (χ3n) is 4.17. The lowest BCUT2D eigenvalue weighted by Gasteiger charge is -2.11. The molecule has 0 saturated carbocycles. The number of imidazole rings is 1. The van der Waals surface area contributed by atoms with Gasteiger partial charge in [0, 0.05) is 24.4 Å². The van der Waals surface area contributed by atoms with Gasteiger partial charge in [0.15, 0.2) is 0 Å². The normalized spacial score (nSPS) is 10.8. The van der Waals surface area contributed by atoms with Crippen LogP contribution >= 0.6 is 0 Å². The van der Waals surface area contributed by atoms with Crippen LogP contribution < -0.4 is 15.7 Å². The highest BCUT2D eigenvalue weighted by Crippen LogP contribution is 2.33. The van der Waals surface area contributed by atoms with Crippen molar-refractivity contribution in [2.75, 3.05) is 12.4 Å². The minimum absolute atomic E-state index is 0.0337. The highest BCUT2D eigenvalue weighted by molar-refractivity contribution is 5.77. The van der Waals surface area contributed by atoms with Crippen molar-refractivity contribution in [3.63, 3.8) is 0 Å². The van der Waals surface area contributed by atoms with Gasteiger partial charge in [0.2, 0.25) is 11.8 Å². The molecule has 10 nitrogen and oxygen atoms in total. The number of para-hydroxylation sites is 2. The van der Waals surface area contributed by atoms with E-state index in [1.807, 2.05) is 0 Å². The SMILES string of the molecule is COc1cc(F)c([N+](=O)[O-])cc1Nc1nccc(-n2c(=O)[nH]c3ccccc32)n1. The van der Waals surface area contributed by atoms with E-state index in [0.717, 1.165) is 12.1 Å². The number of nitrogens with one attached hydrogen (secondary N) is 2. The molecule has 0 aliphatic heterocycles. The van der Waals surface area contributed by atoms with Crippen LogP contribution in [0.1, 0.15) is 0 Å². The van der Waals surface area contributed by atoms with Crippen LogP contribution in [-0.4, -0.2) is 31.6 Å². The zero-order valence-corrected chi connectivity index (χ0v) is 14.9. The van der Waals surface area contributed by atoms with Crippen molar-refractivity contribution in [1.82, 2.24) is 19.5 Å². The lowest BCUT2D eigenvalue weighted by Crippen LogP contribution is -2.16. The van der Waals surface area contributed by atoms with Gasteiger partial charge in [0.1, 0.15) is 11.6 Å². The van der Waals surface area contributed by atoms with Crippen molar-refractivity contribution in [3.05, 3.63) is 75.1 Å². The first-order chi connectivity index (χ1) is 14.0. The smallest absolute Gasteiger partial charge is 0.332 e. The molecule has 0 atom stereocenters. The summed E-state index contributed by atoms with van der Waals surface area (Å²) in [7, 11) is 1.30. The lowest BCUT2D eigenvalue weighted by molar-refractivity contribution is -0.387. The molecule has 0 aliphatic rings. The summed E-state index contributed by atoms with van der Waals surface area (Å²) >= 11 is 0. The summed E-state index contributed by atoms with van der Waals surface area (Å²) in [4.78, 5) is 33.6. The fourth-order valence-electron chi connectivity index (χ4n) is 2.89. The standard InChI is InChI=1S/C18H13FN6O4/c1-29-15-8-10(19)14(25(27)28)9-12(15)21-17-20-7-6-16(23-17)24-13-5-3-2-4-11(13)22-18(24)26/h2-9H,1H3,(H,22,26)(H,20,21,23). The first-order valence-electron chi connectivity index (χ1n) is 8.30. The maximum absolute atomic E-state index is 13.8. The number of H-pyrrole nitrogens is 1. The first-order valence-corrected chi connectivity index (χ1v) is 8.30. The Balaban J connectivity index is 1.77. The molecule has 0 spiro atoms. The molecule has 146 valence electrons. The molecule has 2 aromatic heterocycles. The Labute approximate surface area is 161 Å². The number of nitrogens with zero attached hydrogens (tertiary/aromatic N) is 4. The van der Waals surface area contributed by atoms with E-state index in [9.17, 15) is 19.3 Å². The molecule has 2 aromatic carbocycles. The second kappa shape index (κ2) is 7.03. The average molecular weight is 396 g/mol. The summed E-state index contributed by atoms with van der Waals surface area (Å²) in [5, 5.41) is 13.8. The Bertz CT molecular complexity index is 1300. The number of aromatic amines is 1. The van der Waals surface area contributed by atoms with Crippen LogP contribution in [0.4, 0.5) is 21.7 Å². The molecule has 0 saturated heterocycles. The van der Waals surface area contributed by atoms with Gasteiger partial charge in [0.05, 0.1) is 28.8 Å². The summed E-state index contributed by atoms with van der Waals surface area (Å²) in [6.45, 7) is 0. The van der Waals surface area contributed by atoms with Crippen LogP contribution in [0.5, 0.6) is 5.75 Å². The number of aromatic nitrogens is 4. The Kier molecular flexibility index (Phi) is 4.39. The predicted octanol–water partition coefficient (Wildman–Crippen LogP) is 2.91. The summed E-state index contributed by atoms with van der Waals surface area (Å²) in [6.07, 6.45) is 1.42. The van der Waals surface area contributed by atoms with Crippen molar-refractivity contribution in [2.24, 2.45) is 0 Å². The zero-order chi connectivity index (χ0) is 20.5. The minimum atomic E-state index is -1.03. The Morgan fingerprint density at radius 3 is 2.83 bits per heavy atom. The Morgan fingerprint density at radius 1 is 1.28 bits per heavy atom. The number of hydrogen-bond acceptors (Lipinski definition) is 7. The number of halogens is 1. The van der Waals surface area contributed by atoms with Crippen molar-refractivity contribution in [1.29, 1.82) is 0 Å². The van der Waals surface area contributed by atoms with Gasteiger partial charge in [-0.1, -0.05) is 12.1 Å². The van der Waals surface area contributed by atoms with Gasteiger partial charge < -0.3 is 15.0 Å². The van der Waals surface area contributed by atoms with E-state index in [-0.39, 0.29) is 28.9 Å². The number of ether oxygens (including phenoxy) is 1. The third-order valence-corrected chi connectivity index (χ3v) is 4.17. The van der Waals surface area contributed by atoms with Crippen molar-refractivity contribution >= 4 is 28.4 Å². The van der Waals surface area contributed by atoms with E-state index >= 15 is 0 Å². The molecule has 0 fully saturated rings. The fraction of sp³-hybridized carbons (Fsp3) is 0.0556. The molecule has 11 heteroatoms. The van der Waals surface area contributed by atoms with Gasteiger partial charge >= 0.3 is 11.4 Å². The first kappa shape index (κ1) is 18.1. The lowest BCUT2D eigenvalue weighted by atomic mass is 10.2. The predicted molar refractivity (Wildman–Crippen MR) is 102 cm³/mol. The van der Waals surface area contributed by atoms with E-state index < -0.39 is 16.4 Å². The van der Waals surface area contributed by atoms with Crippen LogP contribution in [0.25, 0.3) is 16.9 Å². The van der Waals surface area contributed by atoms with Gasteiger partial charge in [-0.2, -0.15) is 9.37 Å². The molecular weight excluding hydrogens is 383 g/mol. The van der Waals surface area contributed by atoms with Crippen molar-refractivity contribution in [2.45, 2.75) is 0 Å². The Hall–Kier alpha value is -4.28. The molecule has 4 aromatic rings. The highest BCUT2D eigenvalue weighted by Gasteiger charge is 2.20. The molecule has 2 N–H and O–H groups in total.